The minimum absolute atomic E-state index is 0.398. The first-order valence-corrected chi connectivity index (χ1v) is 7.68. The van der Waals surface area contributed by atoms with Gasteiger partial charge in [0.05, 0.1) is 0 Å². The highest BCUT2D eigenvalue weighted by Gasteiger charge is 2.05. The van der Waals surface area contributed by atoms with Crippen molar-refractivity contribution in [3.63, 3.8) is 0 Å². The Morgan fingerprint density at radius 3 is 2.90 bits per heavy atom. The van der Waals surface area contributed by atoms with Gasteiger partial charge in [0.25, 0.3) is 0 Å². The van der Waals surface area contributed by atoms with Crippen molar-refractivity contribution in [2.24, 2.45) is 0 Å². The topological polar surface area (TPSA) is 61.0 Å². The first-order valence-electron chi connectivity index (χ1n) is 6.32. The number of hydrogen-bond donors (Lipinski definition) is 1. The van der Waals surface area contributed by atoms with Crippen LogP contribution in [0.25, 0.3) is 0 Å². The fraction of sp³-hybridized carbons (Fsp3) is 0.286. The van der Waals surface area contributed by atoms with E-state index in [9.17, 15) is 0 Å². The van der Waals surface area contributed by atoms with Crippen molar-refractivity contribution in [1.29, 1.82) is 0 Å². The number of halogens is 1. The molecule has 0 bridgehead atoms. The lowest BCUT2D eigenvalue weighted by atomic mass is 10.2. The minimum atomic E-state index is 0.398. The number of nitrogen functional groups attached to an aromatic ring is 1. The third-order valence-electron chi connectivity index (χ3n) is 2.41. The Hall–Kier alpha value is -1.46. The number of ether oxygens (including phenoxy) is 1. The number of nitrogens with two attached hydrogens (primary N) is 1. The van der Waals surface area contributed by atoms with E-state index in [1.807, 2.05) is 24.3 Å². The fourth-order valence-corrected chi connectivity index (χ4v) is 2.46. The molecule has 0 saturated heterocycles. The summed E-state index contributed by atoms with van der Waals surface area (Å²) in [6.45, 7) is 2.50. The Bertz CT molecular complexity index is 580. The van der Waals surface area contributed by atoms with Crippen LogP contribution < -0.4 is 10.5 Å². The van der Waals surface area contributed by atoms with Gasteiger partial charge >= 0.3 is 0 Å². The van der Waals surface area contributed by atoms with Crippen LogP contribution in [-0.2, 0) is 6.61 Å². The second-order valence-corrected chi connectivity index (χ2v) is 5.68. The first kappa shape index (κ1) is 14.9. The molecule has 1 aromatic carbocycles. The molecule has 0 fully saturated rings. The van der Waals surface area contributed by atoms with Crippen LogP contribution in [-0.4, -0.2) is 15.7 Å². The van der Waals surface area contributed by atoms with E-state index in [2.05, 4.69) is 16.9 Å². The molecule has 2 rings (SSSR count). The molecule has 2 aromatic rings. The first-order chi connectivity index (χ1) is 9.67. The van der Waals surface area contributed by atoms with Crippen molar-refractivity contribution in [2.45, 2.75) is 25.1 Å². The Kier molecular flexibility index (Phi) is 5.49. The summed E-state index contributed by atoms with van der Waals surface area (Å²) < 4.78 is 5.65. The predicted molar refractivity (Wildman–Crippen MR) is 83.2 cm³/mol. The second-order valence-electron chi connectivity index (χ2n) is 4.18. The van der Waals surface area contributed by atoms with Gasteiger partial charge in [-0.05, 0) is 24.1 Å². The molecule has 4 nitrogen and oxygen atoms in total. The summed E-state index contributed by atoms with van der Waals surface area (Å²) in [6, 6.07) is 9.15. The highest BCUT2D eigenvalue weighted by atomic mass is 35.5. The zero-order valence-corrected chi connectivity index (χ0v) is 12.7. The lowest BCUT2D eigenvalue weighted by Crippen LogP contribution is -2.01. The molecule has 1 aromatic heterocycles. The van der Waals surface area contributed by atoms with Gasteiger partial charge in [-0.1, -0.05) is 42.4 Å². The largest absolute Gasteiger partial charge is 0.473 e. The summed E-state index contributed by atoms with van der Waals surface area (Å²) in [5.41, 5.74) is 6.74. The summed E-state index contributed by atoms with van der Waals surface area (Å²) in [5, 5.41) is 1.33. The predicted octanol–water partition coefficient (Wildman–Crippen LogP) is 3.79. The van der Waals surface area contributed by atoms with Crippen LogP contribution in [0, 0.1) is 0 Å². The molecule has 0 radical (unpaired) electrons. The molecule has 6 heteroatoms. The zero-order chi connectivity index (χ0) is 14.4. The molecular weight excluding hydrogens is 294 g/mol. The molecule has 0 aliphatic carbocycles. The summed E-state index contributed by atoms with van der Waals surface area (Å²) in [6.07, 6.45) is 1.06. The van der Waals surface area contributed by atoms with Crippen molar-refractivity contribution in [3.8, 4) is 5.88 Å². The molecule has 2 N–H and O–H groups in total. The number of benzene rings is 1. The van der Waals surface area contributed by atoms with Gasteiger partial charge in [-0.2, -0.15) is 4.98 Å². The highest BCUT2D eigenvalue weighted by molar-refractivity contribution is 7.99. The van der Waals surface area contributed by atoms with Crippen LogP contribution >= 0.6 is 23.4 Å². The molecule has 0 aliphatic rings. The summed E-state index contributed by atoms with van der Waals surface area (Å²) in [7, 11) is 0. The van der Waals surface area contributed by atoms with Gasteiger partial charge in [0, 0.05) is 16.8 Å². The lowest BCUT2D eigenvalue weighted by Gasteiger charge is -2.08. The number of rotatable bonds is 6. The third kappa shape index (κ3) is 4.58. The smallest absolute Gasteiger partial charge is 0.219 e. The molecule has 1 heterocycles. The maximum atomic E-state index is 5.93. The quantitative estimate of drug-likeness (QED) is 0.649. The highest BCUT2D eigenvalue weighted by Crippen LogP contribution is 2.20. The number of thioether (sulfide) groups is 1. The molecular formula is C14H16ClN3OS. The maximum absolute atomic E-state index is 5.93. The number of hydrogen-bond acceptors (Lipinski definition) is 5. The van der Waals surface area contributed by atoms with Gasteiger partial charge in [0.2, 0.25) is 5.88 Å². The maximum Gasteiger partial charge on any atom is 0.219 e. The molecule has 20 heavy (non-hydrogen) atoms. The van der Waals surface area contributed by atoms with E-state index < -0.39 is 0 Å². The summed E-state index contributed by atoms with van der Waals surface area (Å²) in [4.78, 5) is 8.49. The van der Waals surface area contributed by atoms with E-state index in [0.717, 1.165) is 17.7 Å². The average molecular weight is 310 g/mol. The van der Waals surface area contributed by atoms with Crippen LogP contribution in [0.5, 0.6) is 5.88 Å². The van der Waals surface area contributed by atoms with Crippen LogP contribution in [0.1, 0.15) is 18.9 Å². The van der Waals surface area contributed by atoms with E-state index in [1.54, 1.807) is 17.8 Å². The number of aromatic nitrogens is 2. The van der Waals surface area contributed by atoms with E-state index in [-0.39, 0.29) is 0 Å². The van der Waals surface area contributed by atoms with Crippen molar-refractivity contribution >= 4 is 29.2 Å². The van der Waals surface area contributed by atoms with E-state index >= 15 is 0 Å². The van der Waals surface area contributed by atoms with Gasteiger partial charge in [-0.3, -0.25) is 0 Å². The van der Waals surface area contributed by atoms with Crippen LogP contribution in [0.4, 0.5) is 5.82 Å². The Balaban J connectivity index is 2.03. The molecule has 0 atom stereocenters. The Morgan fingerprint density at radius 2 is 2.15 bits per heavy atom. The molecule has 0 aliphatic heterocycles. The standard InChI is InChI=1S/C14H16ClN3OS/c1-2-6-20-14-17-12(16)8-13(18-14)19-9-10-4-3-5-11(15)7-10/h3-5,7-8H,2,6,9H2,1H3,(H2,16,17,18). The second kappa shape index (κ2) is 7.36. The van der Waals surface area contributed by atoms with Crippen LogP contribution in [0.3, 0.4) is 0 Å². The normalized spacial score (nSPS) is 10.5. The Labute approximate surface area is 127 Å². The van der Waals surface area contributed by atoms with Crippen molar-refractivity contribution in [2.75, 3.05) is 11.5 Å². The van der Waals surface area contributed by atoms with Gasteiger partial charge in [-0.25, -0.2) is 4.98 Å². The van der Waals surface area contributed by atoms with E-state index in [0.29, 0.717) is 28.5 Å². The minimum Gasteiger partial charge on any atom is -0.473 e. The van der Waals surface area contributed by atoms with Crippen molar-refractivity contribution in [3.05, 3.63) is 40.9 Å². The van der Waals surface area contributed by atoms with Crippen molar-refractivity contribution < 1.29 is 4.74 Å². The van der Waals surface area contributed by atoms with Gasteiger partial charge in [0.1, 0.15) is 12.4 Å². The summed E-state index contributed by atoms with van der Waals surface area (Å²) >= 11 is 7.50. The van der Waals surface area contributed by atoms with E-state index in [4.69, 9.17) is 22.1 Å². The Morgan fingerprint density at radius 1 is 1.30 bits per heavy atom. The molecule has 0 amide bonds. The lowest BCUT2D eigenvalue weighted by molar-refractivity contribution is 0.291. The molecule has 0 unspecified atom stereocenters. The summed E-state index contributed by atoms with van der Waals surface area (Å²) in [5.74, 6) is 1.85. The SMILES string of the molecule is CCCSc1nc(N)cc(OCc2cccc(Cl)c2)n1. The monoisotopic (exact) mass is 309 g/mol. The number of anilines is 1. The van der Waals surface area contributed by atoms with E-state index in [1.165, 1.54) is 0 Å². The van der Waals surface area contributed by atoms with Crippen LogP contribution in [0.2, 0.25) is 5.02 Å². The number of nitrogens with zero attached hydrogens (tertiary/aromatic N) is 2. The molecule has 0 spiro atoms. The van der Waals surface area contributed by atoms with Gasteiger partial charge < -0.3 is 10.5 Å². The van der Waals surface area contributed by atoms with Crippen molar-refractivity contribution in [1.82, 2.24) is 9.97 Å². The van der Waals surface area contributed by atoms with Gasteiger partial charge in [0.15, 0.2) is 5.16 Å². The van der Waals surface area contributed by atoms with Crippen LogP contribution in [0.15, 0.2) is 35.5 Å². The third-order valence-corrected chi connectivity index (χ3v) is 3.70. The molecule has 106 valence electrons. The average Bonchev–Trinajstić information content (AvgIpc) is 2.42. The molecule has 0 saturated carbocycles. The van der Waals surface area contributed by atoms with Gasteiger partial charge in [-0.15, -0.1) is 0 Å². The zero-order valence-electron chi connectivity index (χ0n) is 11.2. The fourth-order valence-electron chi connectivity index (χ4n) is 1.54.